The molecule has 0 aromatic carbocycles. The van der Waals surface area contributed by atoms with Crippen LogP contribution in [0.3, 0.4) is 0 Å². The van der Waals surface area contributed by atoms with Gasteiger partial charge in [0.05, 0.1) is 0 Å². The molecule has 0 bridgehead atoms. The van der Waals surface area contributed by atoms with E-state index in [0.717, 1.165) is 18.9 Å². The number of hydrogen-bond acceptors (Lipinski definition) is 2. The van der Waals surface area contributed by atoms with Crippen molar-refractivity contribution in [3.05, 3.63) is 29.6 Å². The molecule has 1 atom stereocenters. The van der Waals surface area contributed by atoms with E-state index in [2.05, 4.69) is 30.2 Å². The second-order valence-corrected chi connectivity index (χ2v) is 6.72. The van der Waals surface area contributed by atoms with Crippen LogP contribution in [0.4, 0.5) is 0 Å². The number of hydrogen-bond donors (Lipinski definition) is 1. The largest absolute Gasteiger partial charge is 0.314 e. The standard InChI is InChI=1S/C19H32N2/c1-3-12-20-18(14-17-10-6-4-5-7-11-17)15-19-16(2)9-8-13-21-19/h8-9,13,17-18,20H,3-7,10-12,14-15H2,1-2H3. The van der Waals surface area contributed by atoms with Crippen LogP contribution < -0.4 is 5.32 Å². The molecular weight excluding hydrogens is 256 g/mol. The molecule has 2 nitrogen and oxygen atoms in total. The van der Waals surface area contributed by atoms with Crippen LogP contribution in [0.1, 0.15) is 69.5 Å². The molecule has 1 fully saturated rings. The zero-order valence-corrected chi connectivity index (χ0v) is 13.9. The summed E-state index contributed by atoms with van der Waals surface area (Å²) in [5, 5.41) is 3.77. The molecule has 1 aromatic heterocycles. The van der Waals surface area contributed by atoms with E-state index in [0.29, 0.717) is 6.04 Å². The van der Waals surface area contributed by atoms with Crippen molar-refractivity contribution in [3.63, 3.8) is 0 Å². The van der Waals surface area contributed by atoms with E-state index in [1.165, 1.54) is 62.6 Å². The highest BCUT2D eigenvalue weighted by Crippen LogP contribution is 2.27. The number of aryl methyl sites for hydroxylation is 1. The van der Waals surface area contributed by atoms with Crippen LogP contribution in [-0.2, 0) is 6.42 Å². The highest BCUT2D eigenvalue weighted by atomic mass is 14.9. The van der Waals surface area contributed by atoms with E-state index in [4.69, 9.17) is 0 Å². The van der Waals surface area contributed by atoms with Crippen LogP contribution in [0.2, 0.25) is 0 Å². The molecule has 1 aromatic rings. The lowest BCUT2D eigenvalue weighted by Gasteiger charge is -2.24. The predicted molar refractivity (Wildman–Crippen MR) is 90.6 cm³/mol. The molecule has 21 heavy (non-hydrogen) atoms. The summed E-state index contributed by atoms with van der Waals surface area (Å²) in [5.74, 6) is 0.922. The summed E-state index contributed by atoms with van der Waals surface area (Å²) in [5.41, 5.74) is 2.61. The van der Waals surface area contributed by atoms with Crippen molar-refractivity contribution in [1.29, 1.82) is 0 Å². The van der Waals surface area contributed by atoms with E-state index in [9.17, 15) is 0 Å². The highest BCUT2D eigenvalue weighted by Gasteiger charge is 2.19. The first-order chi connectivity index (χ1) is 10.3. The van der Waals surface area contributed by atoms with Crippen molar-refractivity contribution in [3.8, 4) is 0 Å². The zero-order chi connectivity index (χ0) is 14.9. The summed E-state index contributed by atoms with van der Waals surface area (Å²) >= 11 is 0. The summed E-state index contributed by atoms with van der Waals surface area (Å²) in [7, 11) is 0. The summed E-state index contributed by atoms with van der Waals surface area (Å²) in [6.45, 7) is 5.57. The van der Waals surface area contributed by atoms with Gasteiger partial charge in [0, 0.05) is 24.4 Å². The van der Waals surface area contributed by atoms with Crippen LogP contribution in [0, 0.1) is 12.8 Å². The number of nitrogens with zero attached hydrogens (tertiary/aromatic N) is 1. The van der Waals surface area contributed by atoms with Crippen molar-refractivity contribution in [2.75, 3.05) is 6.54 Å². The molecule has 1 aliphatic carbocycles. The molecule has 1 aliphatic rings. The Morgan fingerprint density at radius 2 is 2.00 bits per heavy atom. The normalized spacial score (nSPS) is 18.4. The van der Waals surface area contributed by atoms with Gasteiger partial charge < -0.3 is 5.32 Å². The van der Waals surface area contributed by atoms with Gasteiger partial charge in [-0.1, -0.05) is 51.5 Å². The topological polar surface area (TPSA) is 24.9 Å². The molecule has 1 saturated carbocycles. The molecule has 2 heteroatoms. The minimum atomic E-state index is 0.599. The lowest BCUT2D eigenvalue weighted by molar-refractivity contribution is 0.348. The van der Waals surface area contributed by atoms with Crippen molar-refractivity contribution >= 4 is 0 Å². The Morgan fingerprint density at radius 3 is 2.67 bits per heavy atom. The molecule has 0 saturated heterocycles. The molecule has 0 spiro atoms. The summed E-state index contributed by atoms with van der Waals surface area (Å²) in [4.78, 5) is 4.60. The van der Waals surface area contributed by atoms with Gasteiger partial charge in [-0.05, 0) is 43.9 Å². The predicted octanol–water partition coefficient (Wildman–Crippen LogP) is 4.66. The first-order valence-electron chi connectivity index (χ1n) is 8.93. The lowest BCUT2D eigenvalue weighted by atomic mass is 9.90. The Bertz CT molecular complexity index is 394. The van der Waals surface area contributed by atoms with Gasteiger partial charge in [-0.15, -0.1) is 0 Å². The van der Waals surface area contributed by atoms with E-state index in [1.54, 1.807) is 0 Å². The quantitative estimate of drug-likeness (QED) is 0.738. The SMILES string of the molecule is CCCNC(Cc1ncccc1C)CC1CCCCCC1. The molecule has 0 amide bonds. The molecular formula is C19H32N2. The lowest BCUT2D eigenvalue weighted by Crippen LogP contribution is -2.34. The molecule has 1 N–H and O–H groups in total. The fourth-order valence-corrected chi connectivity index (χ4v) is 3.55. The molecule has 2 rings (SSSR count). The third-order valence-corrected chi connectivity index (χ3v) is 4.83. The highest BCUT2D eigenvalue weighted by molar-refractivity contribution is 5.18. The fourth-order valence-electron chi connectivity index (χ4n) is 3.55. The van der Waals surface area contributed by atoms with E-state index < -0.39 is 0 Å². The van der Waals surface area contributed by atoms with Crippen LogP contribution in [-0.4, -0.2) is 17.6 Å². The monoisotopic (exact) mass is 288 g/mol. The number of nitrogens with one attached hydrogen (secondary N) is 1. The van der Waals surface area contributed by atoms with Gasteiger partial charge in [-0.2, -0.15) is 0 Å². The van der Waals surface area contributed by atoms with Crippen molar-refractivity contribution in [2.24, 2.45) is 5.92 Å². The summed E-state index contributed by atoms with van der Waals surface area (Å²) in [6, 6.07) is 4.82. The third-order valence-electron chi connectivity index (χ3n) is 4.83. The maximum Gasteiger partial charge on any atom is 0.0448 e. The molecule has 1 heterocycles. The van der Waals surface area contributed by atoms with E-state index in [1.807, 2.05) is 12.3 Å². The van der Waals surface area contributed by atoms with Gasteiger partial charge in [0.25, 0.3) is 0 Å². The molecule has 1 unspecified atom stereocenters. The van der Waals surface area contributed by atoms with Gasteiger partial charge in [0.2, 0.25) is 0 Å². The maximum absolute atomic E-state index is 4.60. The number of aromatic nitrogens is 1. The van der Waals surface area contributed by atoms with Gasteiger partial charge in [-0.25, -0.2) is 0 Å². The average molecular weight is 288 g/mol. The zero-order valence-electron chi connectivity index (χ0n) is 13.9. The van der Waals surface area contributed by atoms with Crippen LogP contribution in [0.5, 0.6) is 0 Å². The average Bonchev–Trinajstić information content (AvgIpc) is 2.75. The summed E-state index contributed by atoms with van der Waals surface area (Å²) in [6.07, 6.45) is 14.2. The van der Waals surface area contributed by atoms with E-state index >= 15 is 0 Å². The Kier molecular flexibility index (Phi) is 7.21. The maximum atomic E-state index is 4.60. The summed E-state index contributed by atoms with van der Waals surface area (Å²) < 4.78 is 0. The fraction of sp³-hybridized carbons (Fsp3) is 0.737. The van der Waals surface area contributed by atoms with Crippen molar-refractivity contribution in [2.45, 2.75) is 77.7 Å². The Balaban J connectivity index is 1.94. The Hall–Kier alpha value is -0.890. The van der Waals surface area contributed by atoms with Crippen LogP contribution >= 0.6 is 0 Å². The molecule has 0 aliphatic heterocycles. The second kappa shape index (κ2) is 9.19. The van der Waals surface area contributed by atoms with Gasteiger partial charge in [0.15, 0.2) is 0 Å². The minimum absolute atomic E-state index is 0.599. The second-order valence-electron chi connectivity index (χ2n) is 6.72. The first kappa shape index (κ1) is 16.5. The van der Waals surface area contributed by atoms with Crippen molar-refractivity contribution < 1.29 is 0 Å². The minimum Gasteiger partial charge on any atom is -0.314 e. The van der Waals surface area contributed by atoms with Crippen LogP contribution in [0.15, 0.2) is 18.3 Å². The van der Waals surface area contributed by atoms with Crippen molar-refractivity contribution in [1.82, 2.24) is 10.3 Å². The van der Waals surface area contributed by atoms with Crippen LogP contribution in [0.25, 0.3) is 0 Å². The smallest absolute Gasteiger partial charge is 0.0448 e. The Labute approximate surface area is 130 Å². The number of pyridine rings is 1. The molecule has 118 valence electrons. The van der Waals surface area contributed by atoms with E-state index in [-0.39, 0.29) is 0 Å². The third kappa shape index (κ3) is 5.78. The van der Waals surface area contributed by atoms with Gasteiger partial charge in [-0.3, -0.25) is 4.98 Å². The van der Waals surface area contributed by atoms with Gasteiger partial charge >= 0.3 is 0 Å². The number of rotatable bonds is 7. The van der Waals surface area contributed by atoms with Gasteiger partial charge in [0.1, 0.15) is 0 Å². The molecule has 0 radical (unpaired) electrons. The first-order valence-corrected chi connectivity index (χ1v) is 8.93. The Morgan fingerprint density at radius 1 is 1.24 bits per heavy atom.